The van der Waals surface area contributed by atoms with Gasteiger partial charge in [0.15, 0.2) is 0 Å². The van der Waals surface area contributed by atoms with Crippen LogP contribution in [-0.2, 0) is 0 Å². The molecule has 0 heterocycles. The number of nitrogens with one attached hydrogen (secondary N) is 1. The number of hydrogen-bond donors (Lipinski definition) is 1. The Balaban J connectivity index is 1.78. The molecule has 19 heavy (non-hydrogen) atoms. The Kier molecular flexibility index (Phi) is 6.43. The van der Waals surface area contributed by atoms with E-state index < -0.39 is 0 Å². The zero-order valence-corrected chi connectivity index (χ0v) is 12.4. The highest BCUT2D eigenvalue weighted by atomic mass is 14.9. The van der Waals surface area contributed by atoms with E-state index in [1.807, 2.05) is 0 Å². The van der Waals surface area contributed by atoms with E-state index in [0.717, 1.165) is 5.92 Å². The second-order valence-corrected chi connectivity index (χ2v) is 6.00. The second kappa shape index (κ2) is 8.37. The summed E-state index contributed by atoms with van der Waals surface area (Å²) in [5.41, 5.74) is 1.47. The highest BCUT2D eigenvalue weighted by Gasteiger charge is 2.17. The van der Waals surface area contributed by atoms with Gasteiger partial charge >= 0.3 is 0 Å². The van der Waals surface area contributed by atoms with E-state index in [9.17, 15) is 0 Å². The first kappa shape index (κ1) is 14.6. The van der Waals surface area contributed by atoms with Gasteiger partial charge in [-0.1, -0.05) is 75.8 Å². The van der Waals surface area contributed by atoms with Crippen molar-refractivity contribution in [3.8, 4) is 0 Å². The molecule has 1 aliphatic carbocycles. The molecule has 0 aromatic heterocycles. The minimum absolute atomic E-state index is 0.563. The third-order valence-electron chi connectivity index (χ3n) is 4.47. The number of hydrogen-bond acceptors (Lipinski definition) is 1. The van der Waals surface area contributed by atoms with Crippen LogP contribution in [0.2, 0.25) is 0 Å². The highest BCUT2D eigenvalue weighted by molar-refractivity contribution is 5.18. The first-order valence-corrected chi connectivity index (χ1v) is 8.18. The van der Waals surface area contributed by atoms with Gasteiger partial charge in [0, 0.05) is 6.04 Å². The summed E-state index contributed by atoms with van der Waals surface area (Å²) in [6, 6.07) is 11.5. The van der Waals surface area contributed by atoms with Crippen molar-refractivity contribution in [3.05, 3.63) is 35.9 Å². The largest absolute Gasteiger partial charge is 0.310 e. The molecule has 1 atom stereocenters. The van der Waals surface area contributed by atoms with Crippen molar-refractivity contribution >= 4 is 0 Å². The normalized spacial score (nSPS) is 17.1. The molecule has 1 fully saturated rings. The van der Waals surface area contributed by atoms with Crippen molar-refractivity contribution in [1.29, 1.82) is 0 Å². The van der Waals surface area contributed by atoms with Gasteiger partial charge < -0.3 is 5.32 Å². The quantitative estimate of drug-likeness (QED) is 0.609. The third-order valence-corrected chi connectivity index (χ3v) is 4.47. The molecule has 0 saturated heterocycles. The summed E-state index contributed by atoms with van der Waals surface area (Å²) in [5.74, 6) is 1.01. The van der Waals surface area contributed by atoms with Gasteiger partial charge in [-0.15, -0.1) is 0 Å². The molecule has 2 rings (SSSR count). The van der Waals surface area contributed by atoms with Crippen LogP contribution in [0, 0.1) is 5.92 Å². The molecule has 1 aliphatic rings. The lowest BCUT2D eigenvalue weighted by molar-refractivity contribution is 0.285. The maximum Gasteiger partial charge on any atom is 0.0320 e. The Morgan fingerprint density at radius 2 is 1.95 bits per heavy atom. The van der Waals surface area contributed by atoms with Crippen LogP contribution in [0.4, 0.5) is 0 Å². The molecule has 106 valence electrons. The Labute approximate surface area is 118 Å². The average molecular weight is 259 g/mol. The zero-order chi connectivity index (χ0) is 13.3. The molecule has 0 spiro atoms. The van der Waals surface area contributed by atoms with Gasteiger partial charge in [-0.25, -0.2) is 0 Å². The molecule has 1 aromatic rings. The number of rotatable bonds is 9. The van der Waals surface area contributed by atoms with Crippen molar-refractivity contribution < 1.29 is 0 Å². The lowest BCUT2D eigenvalue weighted by atomic mass is 9.83. The first-order chi connectivity index (χ1) is 9.40. The van der Waals surface area contributed by atoms with Crippen LogP contribution in [0.3, 0.4) is 0 Å². The molecule has 1 nitrogen and oxygen atoms in total. The fraction of sp³-hybridized carbons (Fsp3) is 0.667. The standard InChI is InChI=1S/C18H29N/c1-2-3-5-13-18(17-11-6-4-7-12-17)19-15-14-16-9-8-10-16/h4,6-7,11-12,16,18-19H,2-3,5,8-10,13-15H2,1H3. The average Bonchev–Trinajstić information content (AvgIpc) is 2.40. The van der Waals surface area contributed by atoms with Crippen LogP contribution < -0.4 is 5.32 Å². The van der Waals surface area contributed by atoms with Crippen molar-refractivity contribution in [2.45, 2.75) is 64.3 Å². The SMILES string of the molecule is CCCCCC(NCCC1CCC1)c1ccccc1. The van der Waals surface area contributed by atoms with Gasteiger partial charge in [0.25, 0.3) is 0 Å². The summed E-state index contributed by atoms with van der Waals surface area (Å²) in [7, 11) is 0. The van der Waals surface area contributed by atoms with Crippen LogP contribution in [0.5, 0.6) is 0 Å². The monoisotopic (exact) mass is 259 g/mol. The van der Waals surface area contributed by atoms with Gasteiger partial charge in [-0.3, -0.25) is 0 Å². The van der Waals surface area contributed by atoms with Crippen molar-refractivity contribution in [3.63, 3.8) is 0 Å². The zero-order valence-electron chi connectivity index (χ0n) is 12.4. The van der Waals surface area contributed by atoms with Crippen LogP contribution in [0.15, 0.2) is 30.3 Å². The molecule has 0 amide bonds. The number of benzene rings is 1. The fourth-order valence-corrected chi connectivity index (χ4v) is 2.91. The summed E-state index contributed by atoms with van der Waals surface area (Å²) in [5, 5.41) is 3.79. The minimum Gasteiger partial charge on any atom is -0.310 e. The first-order valence-electron chi connectivity index (χ1n) is 8.18. The predicted octanol–water partition coefficient (Wildman–Crippen LogP) is 5.09. The maximum absolute atomic E-state index is 3.79. The summed E-state index contributed by atoms with van der Waals surface area (Å²) >= 11 is 0. The van der Waals surface area contributed by atoms with Gasteiger partial charge in [-0.2, -0.15) is 0 Å². The summed E-state index contributed by atoms with van der Waals surface area (Å²) in [4.78, 5) is 0. The Morgan fingerprint density at radius 3 is 2.58 bits per heavy atom. The summed E-state index contributed by atoms with van der Waals surface area (Å²) in [6.45, 7) is 3.47. The van der Waals surface area contributed by atoms with Gasteiger partial charge in [0.05, 0.1) is 0 Å². The van der Waals surface area contributed by atoms with E-state index in [1.165, 1.54) is 63.5 Å². The predicted molar refractivity (Wildman–Crippen MR) is 83.3 cm³/mol. The molecular weight excluding hydrogens is 230 g/mol. The van der Waals surface area contributed by atoms with E-state index in [4.69, 9.17) is 0 Å². The molecule has 1 heteroatoms. The van der Waals surface area contributed by atoms with Crippen LogP contribution in [-0.4, -0.2) is 6.54 Å². The van der Waals surface area contributed by atoms with Gasteiger partial charge in [0.2, 0.25) is 0 Å². The smallest absolute Gasteiger partial charge is 0.0320 e. The molecule has 0 aliphatic heterocycles. The lowest BCUT2D eigenvalue weighted by Crippen LogP contribution is -2.25. The Bertz CT molecular complexity index is 329. The minimum atomic E-state index is 0.563. The molecule has 1 saturated carbocycles. The lowest BCUT2D eigenvalue weighted by Gasteiger charge is -2.27. The fourth-order valence-electron chi connectivity index (χ4n) is 2.91. The highest BCUT2D eigenvalue weighted by Crippen LogP contribution is 2.29. The van der Waals surface area contributed by atoms with Crippen molar-refractivity contribution in [2.75, 3.05) is 6.54 Å². The van der Waals surface area contributed by atoms with Crippen LogP contribution in [0.25, 0.3) is 0 Å². The van der Waals surface area contributed by atoms with Crippen molar-refractivity contribution in [2.24, 2.45) is 5.92 Å². The van der Waals surface area contributed by atoms with Crippen LogP contribution >= 0.6 is 0 Å². The molecular formula is C18H29N. The Hall–Kier alpha value is -0.820. The van der Waals surface area contributed by atoms with Crippen LogP contribution in [0.1, 0.15) is 69.9 Å². The second-order valence-electron chi connectivity index (χ2n) is 6.00. The molecule has 1 unspecified atom stereocenters. The van der Waals surface area contributed by atoms with Gasteiger partial charge in [-0.05, 0) is 30.9 Å². The van der Waals surface area contributed by atoms with E-state index in [-0.39, 0.29) is 0 Å². The third kappa shape index (κ3) is 4.99. The molecule has 0 bridgehead atoms. The molecule has 0 radical (unpaired) electrons. The summed E-state index contributed by atoms with van der Waals surface area (Å²) < 4.78 is 0. The van der Waals surface area contributed by atoms with Gasteiger partial charge in [0.1, 0.15) is 0 Å². The molecule has 1 N–H and O–H groups in total. The van der Waals surface area contributed by atoms with E-state index in [1.54, 1.807) is 0 Å². The summed E-state index contributed by atoms with van der Waals surface area (Å²) in [6.07, 6.45) is 11.0. The van der Waals surface area contributed by atoms with E-state index in [2.05, 4.69) is 42.6 Å². The maximum atomic E-state index is 3.79. The van der Waals surface area contributed by atoms with E-state index in [0.29, 0.717) is 6.04 Å². The van der Waals surface area contributed by atoms with Crippen molar-refractivity contribution in [1.82, 2.24) is 5.32 Å². The topological polar surface area (TPSA) is 12.0 Å². The number of unbranched alkanes of at least 4 members (excludes halogenated alkanes) is 2. The Morgan fingerprint density at radius 1 is 1.16 bits per heavy atom. The molecule has 1 aromatic carbocycles. The van der Waals surface area contributed by atoms with E-state index >= 15 is 0 Å².